The van der Waals surface area contributed by atoms with Crippen molar-refractivity contribution in [3.63, 3.8) is 0 Å². The molecule has 1 unspecified atom stereocenters. The largest absolute Gasteiger partial charge is 0.314 e. The molecule has 1 nitrogen and oxygen atoms in total. The van der Waals surface area contributed by atoms with Gasteiger partial charge in [0, 0.05) is 6.04 Å². The Kier molecular flexibility index (Phi) is 2.38. The lowest BCUT2D eigenvalue weighted by Crippen LogP contribution is -2.32. The quantitative estimate of drug-likeness (QED) is 0.552. The molecule has 0 radical (unpaired) electrons. The predicted octanol–water partition coefficient (Wildman–Crippen LogP) is 1.91. The van der Waals surface area contributed by atoms with E-state index in [4.69, 9.17) is 0 Å². The molecule has 1 aliphatic heterocycles. The Balaban J connectivity index is 2.55. The van der Waals surface area contributed by atoms with Gasteiger partial charge in [-0.15, -0.1) is 0 Å². The third kappa shape index (κ3) is 1.77. The molecule has 1 saturated heterocycles. The van der Waals surface area contributed by atoms with Crippen LogP contribution in [0.4, 0.5) is 8.78 Å². The molecule has 58 valence electrons. The maximum Gasteiger partial charge on any atom is 0.269 e. The number of rotatable bonds is 0. The first-order valence-corrected chi connectivity index (χ1v) is 3.46. The fraction of sp³-hybridized carbons (Fsp3) is 0.714. The minimum atomic E-state index is -1.48. The summed E-state index contributed by atoms with van der Waals surface area (Å²) >= 11 is 0. The molecule has 1 aliphatic rings. The molecule has 0 aromatic heterocycles. The molecule has 0 aromatic carbocycles. The van der Waals surface area contributed by atoms with Gasteiger partial charge in [0.2, 0.25) is 0 Å². The zero-order chi connectivity index (χ0) is 7.56. The van der Waals surface area contributed by atoms with Crippen LogP contribution in [0.25, 0.3) is 0 Å². The van der Waals surface area contributed by atoms with E-state index in [0.717, 1.165) is 0 Å². The van der Waals surface area contributed by atoms with Gasteiger partial charge in [0.1, 0.15) is 0 Å². The van der Waals surface area contributed by atoms with E-state index in [1.54, 1.807) is 0 Å². The number of piperidine rings is 1. The minimum Gasteiger partial charge on any atom is -0.314 e. The molecule has 0 amide bonds. The average molecular weight is 147 g/mol. The van der Waals surface area contributed by atoms with Gasteiger partial charge in [-0.2, -0.15) is 8.78 Å². The van der Waals surface area contributed by atoms with E-state index < -0.39 is 6.08 Å². The first kappa shape index (κ1) is 7.66. The van der Waals surface area contributed by atoms with E-state index >= 15 is 0 Å². The standard InChI is InChI=1S/C7H11F2N/c1-5-4-6(7(8)9)2-3-10-5/h5,10H,2-4H2,1H3. The van der Waals surface area contributed by atoms with Crippen LogP contribution in [0.3, 0.4) is 0 Å². The molecule has 3 heteroatoms. The molecule has 1 atom stereocenters. The van der Waals surface area contributed by atoms with Crippen molar-refractivity contribution in [1.29, 1.82) is 0 Å². The Labute approximate surface area is 59.1 Å². The summed E-state index contributed by atoms with van der Waals surface area (Å²) in [7, 11) is 0. The Hall–Kier alpha value is -0.440. The van der Waals surface area contributed by atoms with Crippen molar-refractivity contribution in [2.45, 2.75) is 25.8 Å². The lowest BCUT2D eigenvalue weighted by atomic mass is 10.0. The number of halogens is 2. The molecule has 1 rings (SSSR count). The van der Waals surface area contributed by atoms with Crippen LogP contribution in [-0.4, -0.2) is 12.6 Å². The highest BCUT2D eigenvalue weighted by molar-refractivity contribution is 5.07. The normalized spacial score (nSPS) is 26.7. The number of hydrogen-bond donors (Lipinski definition) is 1. The van der Waals surface area contributed by atoms with Crippen LogP contribution < -0.4 is 5.32 Å². The molecule has 1 heterocycles. The topological polar surface area (TPSA) is 12.0 Å². The van der Waals surface area contributed by atoms with Gasteiger partial charge in [0.15, 0.2) is 0 Å². The molecule has 0 spiro atoms. The fourth-order valence-electron chi connectivity index (χ4n) is 1.18. The highest BCUT2D eigenvalue weighted by Crippen LogP contribution is 2.20. The van der Waals surface area contributed by atoms with Gasteiger partial charge in [-0.25, -0.2) is 0 Å². The summed E-state index contributed by atoms with van der Waals surface area (Å²) in [4.78, 5) is 0. The van der Waals surface area contributed by atoms with Gasteiger partial charge < -0.3 is 5.32 Å². The van der Waals surface area contributed by atoms with Crippen LogP contribution >= 0.6 is 0 Å². The maximum absolute atomic E-state index is 11.9. The highest BCUT2D eigenvalue weighted by Gasteiger charge is 2.15. The molecule has 0 aromatic rings. The highest BCUT2D eigenvalue weighted by atomic mass is 19.3. The smallest absolute Gasteiger partial charge is 0.269 e. The van der Waals surface area contributed by atoms with Gasteiger partial charge in [-0.3, -0.25) is 0 Å². The van der Waals surface area contributed by atoms with Crippen molar-refractivity contribution in [3.05, 3.63) is 11.7 Å². The van der Waals surface area contributed by atoms with Gasteiger partial charge in [0.05, 0.1) is 0 Å². The second-order valence-electron chi connectivity index (χ2n) is 2.67. The molecule has 1 N–H and O–H groups in total. The lowest BCUT2D eigenvalue weighted by molar-refractivity contribution is 0.381. The summed E-state index contributed by atoms with van der Waals surface area (Å²) in [5.74, 6) is 0. The minimum absolute atomic E-state index is 0.213. The van der Waals surface area contributed by atoms with E-state index in [2.05, 4.69) is 5.32 Å². The molecule has 0 aliphatic carbocycles. The summed E-state index contributed by atoms with van der Waals surface area (Å²) in [6.07, 6.45) is -0.469. The van der Waals surface area contributed by atoms with Crippen molar-refractivity contribution in [1.82, 2.24) is 5.32 Å². The molecular weight excluding hydrogens is 136 g/mol. The SMILES string of the molecule is CC1CC(=C(F)F)CCN1. The lowest BCUT2D eigenvalue weighted by Gasteiger charge is -2.21. The van der Waals surface area contributed by atoms with E-state index in [1.807, 2.05) is 6.92 Å². The third-order valence-electron chi connectivity index (χ3n) is 1.74. The summed E-state index contributed by atoms with van der Waals surface area (Å²) in [6.45, 7) is 2.61. The van der Waals surface area contributed by atoms with Crippen molar-refractivity contribution < 1.29 is 8.78 Å². The van der Waals surface area contributed by atoms with Crippen LogP contribution in [0.1, 0.15) is 19.8 Å². The van der Waals surface area contributed by atoms with Gasteiger partial charge in [-0.1, -0.05) is 0 Å². The zero-order valence-corrected chi connectivity index (χ0v) is 5.95. The second kappa shape index (κ2) is 3.10. The van der Waals surface area contributed by atoms with Crippen molar-refractivity contribution in [2.24, 2.45) is 0 Å². The number of nitrogens with one attached hydrogen (secondary N) is 1. The van der Waals surface area contributed by atoms with Crippen LogP contribution in [0, 0.1) is 0 Å². The second-order valence-corrected chi connectivity index (χ2v) is 2.67. The molecule has 10 heavy (non-hydrogen) atoms. The zero-order valence-electron chi connectivity index (χ0n) is 5.95. The van der Waals surface area contributed by atoms with E-state index in [9.17, 15) is 8.78 Å². The molecule has 0 saturated carbocycles. The van der Waals surface area contributed by atoms with Crippen molar-refractivity contribution in [2.75, 3.05) is 6.54 Å². The average Bonchev–Trinajstić information content (AvgIpc) is 1.88. The Morgan fingerprint density at radius 3 is 2.70 bits per heavy atom. The van der Waals surface area contributed by atoms with E-state index in [1.165, 1.54) is 0 Å². The van der Waals surface area contributed by atoms with Gasteiger partial charge in [0.25, 0.3) is 6.08 Å². The Morgan fingerprint density at radius 2 is 2.30 bits per heavy atom. The Morgan fingerprint density at radius 1 is 1.60 bits per heavy atom. The van der Waals surface area contributed by atoms with Crippen LogP contribution in [0.5, 0.6) is 0 Å². The predicted molar refractivity (Wildman–Crippen MR) is 35.9 cm³/mol. The van der Waals surface area contributed by atoms with Crippen LogP contribution in [0.2, 0.25) is 0 Å². The summed E-state index contributed by atoms with van der Waals surface area (Å²) in [5, 5.41) is 3.10. The van der Waals surface area contributed by atoms with Crippen molar-refractivity contribution in [3.8, 4) is 0 Å². The maximum atomic E-state index is 11.9. The number of hydrogen-bond acceptors (Lipinski definition) is 1. The molecular formula is C7H11F2N. The first-order chi connectivity index (χ1) is 4.70. The van der Waals surface area contributed by atoms with E-state index in [-0.39, 0.29) is 6.04 Å². The first-order valence-electron chi connectivity index (χ1n) is 3.46. The van der Waals surface area contributed by atoms with E-state index in [0.29, 0.717) is 25.0 Å². The third-order valence-corrected chi connectivity index (χ3v) is 1.74. The fourth-order valence-corrected chi connectivity index (χ4v) is 1.18. The summed E-state index contributed by atoms with van der Waals surface area (Å²) in [6, 6.07) is 0.213. The summed E-state index contributed by atoms with van der Waals surface area (Å²) in [5.41, 5.74) is 0.325. The molecule has 1 fully saturated rings. The Bertz CT molecular complexity index is 150. The molecule has 0 bridgehead atoms. The van der Waals surface area contributed by atoms with Crippen LogP contribution in [-0.2, 0) is 0 Å². The monoisotopic (exact) mass is 147 g/mol. The summed E-state index contributed by atoms with van der Waals surface area (Å²) < 4.78 is 23.9. The van der Waals surface area contributed by atoms with Crippen molar-refractivity contribution >= 4 is 0 Å². The van der Waals surface area contributed by atoms with Crippen LogP contribution in [0.15, 0.2) is 11.7 Å². The van der Waals surface area contributed by atoms with Gasteiger partial charge in [-0.05, 0) is 31.9 Å². The van der Waals surface area contributed by atoms with Gasteiger partial charge >= 0.3 is 0 Å².